The monoisotopic (exact) mass is 345 g/mol. The number of piperazine rings is 1. The van der Waals surface area contributed by atoms with Crippen LogP contribution in [0.25, 0.3) is 0 Å². The Morgan fingerprint density at radius 1 is 1.17 bits per heavy atom. The van der Waals surface area contributed by atoms with Crippen molar-refractivity contribution in [2.24, 2.45) is 0 Å². The molecule has 0 bridgehead atoms. The van der Waals surface area contributed by atoms with Crippen LogP contribution in [0.3, 0.4) is 0 Å². The number of carbonyl (C=O) groups excluding carboxylic acids is 1. The highest BCUT2D eigenvalue weighted by Gasteiger charge is 2.19. The van der Waals surface area contributed by atoms with Crippen LogP contribution in [0.5, 0.6) is 0 Å². The fraction of sp³-hybridized carbons (Fsp3) is 0.938. The minimum absolute atomic E-state index is 0.0915. The Morgan fingerprint density at radius 2 is 1.78 bits per heavy atom. The van der Waals surface area contributed by atoms with Crippen molar-refractivity contribution in [2.45, 2.75) is 39.1 Å². The first kappa shape index (κ1) is 20.6. The van der Waals surface area contributed by atoms with Crippen molar-refractivity contribution in [3.63, 3.8) is 0 Å². The van der Waals surface area contributed by atoms with E-state index >= 15 is 0 Å². The Balaban J connectivity index is 2.13. The summed E-state index contributed by atoms with van der Waals surface area (Å²) in [6.07, 6.45) is 0.390. The Kier molecular flexibility index (Phi) is 9.31. The van der Waals surface area contributed by atoms with Gasteiger partial charge in [-0.05, 0) is 13.5 Å². The molecule has 1 atom stereocenters. The van der Waals surface area contributed by atoms with E-state index in [1.807, 2.05) is 6.92 Å². The molecule has 0 aromatic rings. The summed E-state index contributed by atoms with van der Waals surface area (Å²) in [5, 5.41) is 11.8. The summed E-state index contributed by atoms with van der Waals surface area (Å²) in [6, 6.07) is 0. The Labute approximate surface area is 141 Å². The van der Waals surface area contributed by atoms with Crippen LogP contribution in [-0.4, -0.2) is 88.7 Å². The van der Waals surface area contributed by atoms with Gasteiger partial charge in [-0.2, -0.15) is 0 Å². The molecular weight excluding hydrogens is 312 g/mol. The quantitative estimate of drug-likeness (QED) is 0.416. The van der Waals surface area contributed by atoms with Gasteiger partial charge in [-0.25, -0.2) is 0 Å². The number of rotatable bonds is 10. The van der Waals surface area contributed by atoms with E-state index in [1.165, 1.54) is 0 Å². The maximum absolute atomic E-state index is 11.8. The van der Waals surface area contributed by atoms with Crippen molar-refractivity contribution in [2.75, 3.05) is 58.7 Å². The van der Waals surface area contributed by atoms with Crippen LogP contribution in [0, 0.1) is 0 Å². The van der Waals surface area contributed by atoms with E-state index in [2.05, 4.69) is 29.4 Å². The van der Waals surface area contributed by atoms with Crippen LogP contribution < -0.4 is 5.11 Å². The molecule has 0 aromatic heterocycles. The molecule has 1 unspecified atom stereocenters. The number of hydrogen-bond acceptors (Lipinski definition) is 6. The van der Waals surface area contributed by atoms with Crippen molar-refractivity contribution in [1.29, 1.82) is 0 Å². The van der Waals surface area contributed by atoms with Gasteiger partial charge in [0.05, 0.1) is 20.7 Å². The first-order valence-electron chi connectivity index (χ1n) is 8.64. The summed E-state index contributed by atoms with van der Waals surface area (Å²) < 4.78 is 10.5. The number of ether oxygens (including phenoxy) is 2. The van der Waals surface area contributed by atoms with Crippen LogP contribution in [0.4, 0.5) is 0 Å². The zero-order chi connectivity index (χ0) is 17.3. The zero-order valence-electron chi connectivity index (χ0n) is 15.2. The third-order valence-electron chi connectivity index (χ3n) is 3.73. The van der Waals surface area contributed by atoms with Gasteiger partial charge in [-0.1, -0.05) is 25.7 Å². The van der Waals surface area contributed by atoms with Crippen molar-refractivity contribution >= 4 is 14.0 Å². The summed E-state index contributed by atoms with van der Waals surface area (Å²) in [5.74, 6) is -0.0915. The fourth-order valence-electron chi connectivity index (χ4n) is 2.40. The molecule has 7 heteroatoms. The fourth-order valence-corrected chi connectivity index (χ4v) is 3.00. The van der Waals surface area contributed by atoms with E-state index in [4.69, 9.17) is 9.47 Å². The Hall–Kier alpha value is -0.473. The van der Waals surface area contributed by atoms with Gasteiger partial charge < -0.3 is 24.4 Å². The van der Waals surface area contributed by atoms with E-state index in [0.29, 0.717) is 32.4 Å². The molecule has 0 amide bonds. The van der Waals surface area contributed by atoms with Gasteiger partial charge in [0.1, 0.15) is 0 Å². The molecule has 0 spiro atoms. The molecule has 6 nitrogen and oxygen atoms in total. The zero-order valence-corrected chi connectivity index (χ0v) is 16.2. The third-order valence-corrected chi connectivity index (χ3v) is 4.74. The second kappa shape index (κ2) is 10.4. The summed E-state index contributed by atoms with van der Waals surface area (Å²) in [4.78, 5) is 16.2. The average molecular weight is 346 g/mol. The van der Waals surface area contributed by atoms with Gasteiger partial charge >= 0.3 is 5.97 Å². The predicted octanol–water partition coefficient (Wildman–Crippen LogP) is 0.180. The summed E-state index contributed by atoms with van der Waals surface area (Å²) >= 11 is 0. The van der Waals surface area contributed by atoms with E-state index in [9.17, 15) is 9.90 Å². The summed E-state index contributed by atoms with van der Waals surface area (Å²) in [7, 11) is -1.33. The van der Waals surface area contributed by atoms with Crippen LogP contribution in [0.2, 0.25) is 19.6 Å². The van der Waals surface area contributed by atoms with E-state index < -0.39 is 14.2 Å². The maximum Gasteiger partial charge on any atom is 0.306 e. The van der Waals surface area contributed by atoms with E-state index in [0.717, 1.165) is 32.7 Å². The Morgan fingerprint density at radius 3 is 2.35 bits per heavy atom. The van der Waals surface area contributed by atoms with E-state index in [1.54, 1.807) is 0 Å². The second-order valence-electron chi connectivity index (χ2n) is 7.40. The van der Waals surface area contributed by atoms with Crippen LogP contribution in [-0.2, 0) is 14.3 Å². The van der Waals surface area contributed by atoms with Crippen LogP contribution in [0.15, 0.2) is 0 Å². The summed E-state index contributed by atoms with van der Waals surface area (Å²) in [6.45, 7) is 14.2. The average Bonchev–Trinajstić information content (AvgIpc) is 2.49. The van der Waals surface area contributed by atoms with Crippen molar-refractivity contribution in [1.82, 2.24) is 9.80 Å². The molecule has 0 aliphatic carbocycles. The van der Waals surface area contributed by atoms with Crippen LogP contribution in [0.1, 0.15) is 13.3 Å². The standard InChI is InChI=1S/C16H33N2O4Si/c1-5-21-13-15(19)12-18-10-8-17(9-11-18)7-6-16(20)22-14-23(2,3)4/h15H,5-14H2,1-4H3/q-1. The topological polar surface area (TPSA) is 65.1 Å². The third kappa shape index (κ3) is 10.1. The van der Waals surface area contributed by atoms with Gasteiger partial charge in [0.15, 0.2) is 0 Å². The van der Waals surface area contributed by atoms with Gasteiger partial charge in [0.2, 0.25) is 0 Å². The number of esters is 1. The smallest absolute Gasteiger partial charge is 0.306 e. The van der Waals surface area contributed by atoms with Gasteiger partial charge in [-0.3, -0.25) is 4.79 Å². The minimum Gasteiger partial charge on any atom is -0.849 e. The van der Waals surface area contributed by atoms with Crippen molar-refractivity contribution in [3.05, 3.63) is 0 Å². The van der Waals surface area contributed by atoms with Crippen molar-refractivity contribution in [3.8, 4) is 0 Å². The van der Waals surface area contributed by atoms with Crippen molar-refractivity contribution < 1.29 is 19.4 Å². The molecule has 1 aliphatic rings. The molecule has 1 saturated heterocycles. The predicted molar refractivity (Wildman–Crippen MR) is 92.1 cm³/mol. The van der Waals surface area contributed by atoms with Gasteiger partial charge in [-0.15, -0.1) is 0 Å². The maximum atomic E-state index is 11.8. The molecular formula is C16H33N2O4Si-. The Bertz CT molecular complexity index is 341. The molecule has 1 heterocycles. The highest BCUT2D eigenvalue weighted by atomic mass is 28.3. The minimum atomic E-state index is -1.33. The largest absolute Gasteiger partial charge is 0.849 e. The lowest BCUT2D eigenvalue weighted by Crippen LogP contribution is -2.51. The molecule has 0 aromatic carbocycles. The van der Waals surface area contributed by atoms with Gasteiger partial charge in [0, 0.05) is 45.9 Å². The van der Waals surface area contributed by atoms with Gasteiger partial charge in [0.25, 0.3) is 0 Å². The molecule has 1 aliphatic heterocycles. The molecule has 0 N–H and O–H groups in total. The molecule has 1 rings (SSSR count). The first-order chi connectivity index (χ1) is 10.8. The first-order valence-corrected chi connectivity index (χ1v) is 12.3. The molecule has 136 valence electrons. The summed E-state index contributed by atoms with van der Waals surface area (Å²) in [5.41, 5.74) is 0. The molecule has 0 radical (unpaired) electrons. The normalized spacial score (nSPS) is 18.8. The highest BCUT2D eigenvalue weighted by molar-refractivity contribution is 6.76. The lowest BCUT2D eigenvalue weighted by Gasteiger charge is -2.37. The molecule has 23 heavy (non-hydrogen) atoms. The number of hydrogen-bond donors (Lipinski definition) is 0. The SMILES string of the molecule is CCOCC([O-])CN1CCN(CCC(=O)OC[Si](C)(C)C)CC1. The number of carbonyl (C=O) groups is 1. The lowest BCUT2D eigenvalue weighted by molar-refractivity contribution is -0.428. The van der Waals surface area contributed by atoms with Crippen LogP contribution >= 0.6 is 0 Å². The second-order valence-corrected chi connectivity index (χ2v) is 12.8. The number of nitrogens with zero attached hydrogens (tertiary/aromatic N) is 2. The molecule has 1 fully saturated rings. The van der Waals surface area contributed by atoms with E-state index in [-0.39, 0.29) is 5.97 Å². The lowest BCUT2D eigenvalue weighted by atomic mass is 10.2. The molecule has 0 saturated carbocycles. The highest BCUT2D eigenvalue weighted by Crippen LogP contribution is 2.05.